The van der Waals surface area contributed by atoms with Crippen LogP contribution in [-0.4, -0.2) is 30.4 Å². The van der Waals surface area contributed by atoms with Crippen LogP contribution in [0.1, 0.15) is 50.3 Å². The Morgan fingerprint density at radius 3 is 2.65 bits per heavy atom. The van der Waals surface area contributed by atoms with Gasteiger partial charge in [-0.05, 0) is 30.9 Å². The maximum absolute atomic E-state index is 11.5. The van der Waals surface area contributed by atoms with Crippen molar-refractivity contribution in [2.45, 2.75) is 51.6 Å². The summed E-state index contributed by atoms with van der Waals surface area (Å²) in [5, 5.41) is 3.64. The van der Waals surface area contributed by atoms with Gasteiger partial charge in [-0.25, -0.2) is 0 Å². The summed E-state index contributed by atoms with van der Waals surface area (Å²) in [6.45, 7) is 5.22. The summed E-state index contributed by atoms with van der Waals surface area (Å²) in [7, 11) is 1.89. The Labute approximate surface area is 122 Å². The largest absolute Gasteiger partial charge is 0.344 e. The fourth-order valence-electron chi connectivity index (χ4n) is 2.86. The molecule has 2 unspecified atom stereocenters. The number of likely N-dealkylation sites (N-methyl/N-ethyl adjacent to an activating group) is 1. The van der Waals surface area contributed by atoms with Gasteiger partial charge in [0.25, 0.3) is 0 Å². The highest BCUT2D eigenvalue weighted by Gasteiger charge is 2.23. The number of piperidine rings is 1. The predicted molar refractivity (Wildman–Crippen MR) is 82.6 cm³/mol. The lowest BCUT2D eigenvalue weighted by molar-refractivity contribution is -0.132. The van der Waals surface area contributed by atoms with Crippen LogP contribution in [0.4, 0.5) is 0 Å². The van der Waals surface area contributed by atoms with E-state index < -0.39 is 0 Å². The molecular weight excluding hydrogens is 248 g/mol. The number of benzene rings is 1. The second kappa shape index (κ2) is 6.89. The topological polar surface area (TPSA) is 32.3 Å². The predicted octanol–water partition coefficient (Wildman–Crippen LogP) is 2.91. The van der Waals surface area contributed by atoms with Gasteiger partial charge >= 0.3 is 0 Å². The molecule has 2 atom stereocenters. The van der Waals surface area contributed by atoms with Crippen molar-refractivity contribution in [1.29, 1.82) is 0 Å². The SMILES string of the molecule is CCCc1ccc(C(C)NC2CCC(=O)N(C)C2)cc1. The van der Waals surface area contributed by atoms with E-state index in [-0.39, 0.29) is 5.91 Å². The van der Waals surface area contributed by atoms with Crippen molar-refractivity contribution >= 4 is 5.91 Å². The van der Waals surface area contributed by atoms with Crippen LogP contribution in [0.15, 0.2) is 24.3 Å². The van der Waals surface area contributed by atoms with Crippen molar-refractivity contribution < 1.29 is 4.79 Å². The molecule has 2 rings (SSSR count). The van der Waals surface area contributed by atoms with Gasteiger partial charge < -0.3 is 10.2 Å². The van der Waals surface area contributed by atoms with Crippen LogP contribution in [-0.2, 0) is 11.2 Å². The van der Waals surface area contributed by atoms with Gasteiger partial charge in [-0.3, -0.25) is 4.79 Å². The molecule has 1 aliphatic heterocycles. The molecule has 0 aliphatic carbocycles. The number of carbonyl (C=O) groups is 1. The summed E-state index contributed by atoms with van der Waals surface area (Å²) < 4.78 is 0. The second-order valence-electron chi connectivity index (χ2n) is 5.89. The molecule has 1 aliphatic rings. The van der Waals surface area contributed by atoms with Crippen LogP contribution in [0, 0.1) is 0 Å². The van der Waals surface area contributed by atoms with Gasteiger partial charge in [-0.15, -0.1) is 0 Å². The lowest BCUT2D eigenvalue weighted by Gasteiger charge is -2.32. The first kappa shape index (κ1) is 15.0. The van der Waals surface area contributed by atoms with Crippen molar-refractivity contribution in [2.75, 3.05) is 13.6 Å². The summed E-state index contributed by atoms with van der Waals surface area (Å²) in [6.07, 6.45) is 3.95. The lowest BCUT2D eigenvalue weighted by atomic mass is 10.0. The molecule has 0 saturated carbocycles. The molecule has 110 valence electrons. The fraction of sp³-hybridized carbons (Fsp3) is 0.588. The fourth-order valence-corrected chi connectivity index (χ4v) is 2.86. The lowest BCUT2D eigenvalue weighted by Crippen LogP contribution is -2.47. The minimum Gasteiger partial charge on any atom is -0.344 e. The third kappa shape index (κ3) is 3.83. The number of rotatable bonds is 5. The number of carbonyl (C=O) groups excluding carboxylic acids is 1. The number of aryl methyl sites for hydroxylation is 1. The molecule has 3 heteroatoms. The van der Waals surface area contributed by atoms with E-state index in [0.717, 1.165) is 19.4 Å². The molecule has 20 heavy (non-hydrogen) atoms. The Kier molecular flexibility index (Phi) is 5.18. The summed E-state index contributed by atoms with van der Waals surface area (Å²) in [5.74, 6) is 0.264. The van der Waals surface area contributed by atoms with Gasteiger partial charge in [-0.2, -0.15) is 0 Å². The van der Waals surface area contributed by atoms with Gasteiger partial charge in [0.1, 0.15) is 0 Å². The highest BCUT2D eigenvalue weighted by Crippen LogP contribution is 2.18. The number of amides is 1. The quantitative estimate of drug-likeness (QED) is 0.895. The highest BCUT2D eigenvalue weighted by molar-refractivity contribution is 5.76. The maximum atomic E-state index is 11.5. The van der Waals surface area contributed by atoms with E-state index in [0.29, 0.717) is 18.5 Å². The molecule has 1 aromatic carbocycles. The molecule has 1 saturated heterocycles. The molecule has 1 amide bonds. The van der Waals surface area contributed by atoms with E-state index in [1.807, 2.05) is 11.9 Å². The molecular formula is C17H26N2O. The van der Waals surface area contributed by atoms with Gasteiger partial charge in [0.2, 0.25) is 5.91 Å². The summed E-state index contributed by atoms with van der Waals surface area (Å²) in [6, 6.07) is 9.64. The smallest absolute Gasteiger partial charge is 0.222 e. The van der Waals surface area contributed by atoms with Crippen LogP contribution < -0.4 is 5.32 Å². The molecule has 3 nitrogen and oxygen atoms in total. The van der Waals surface area contributed by atoms with E-state index in [1.165, 1.54) is 17.5 Å². The van der Waals surface area contributed by atoms with E-state index >= 15 is 0 Å². The average Bonchev–Trinajstić information content (AvgIpc) is 2.44. The Hall–Kier alpha value is -1.35. The Morgan fingerprint density at radius 2 is 2.05 bits per heavy atom. The standard InChI is InChI=1S/C17H26N2O/c1-4-5-14-6-8-15(9-7-14)13(2)18-16-10-11-17(20)19(3)12-16/h6-9,13,16,18H,4-5,10-12H2,1-3H3. The Balaban J connectivity index is 1.91. The second-order valence-corrected chi connectivity index (χ2v) is 5.89. The molecule has 1 aromatic rings. The maximum Gasteiger partial charge on any atom is 0.222 e. The van der Waals surface area contributed by atoms with Crippen LogP contribution in [0.3, 0.4) is 0 Å². The van der Waals surface area contributed by atoms with Crippen LogP contribution >= 0.6 is 0 Å². The van der Waals surface area contributed by atoms with E-state index in [2.05, 4.69) is 43.4 Å². The zero-order valence-corrected chi connectivity index (χ0v) is 12.9. The molecule has 0 aromatic heterocycles. The van der Waals surface area contributed by atoms with Crippen LogP contribution in [0.2, 0.25) is 0 Å². The zero-order valence-electron chi connectivity index (χ0n) is 12.9. The van der Waals surface area contributed by atoms with E-state index in [9.17, 15) is 4.79 Å². The van der Waals surface area contributed by atoms with Crippen molar-refractivity contribution in [3.63, 3.8) is 0 Å². The monoisotopic (exact) mass is 274 g/mol. The van der Waals surface area contributed by atoms with Gasteiger partial charge in [0, 0.05) is 32.1 Å². The summed E-state index contributed by atoms with van der Waals surface area (Å²) in [4.78, 5) is 13.3. The van der Waals surface area contributed by atoms with Crippen LogP contribution in [0.25, 0.3) is 0 Å². The van der Waals surface area contributed by atoms with Gasteiger partial charge in [0.05, 0.1) is 0 Å². The number of hydrogen-bond donors (Lipinski definition) is 1. The third-order valence-corrected chi connectivity index (χ3v) is 4.13. The first-order chi connectivity index (χ1) is 9.60. The van der Waals surface area contributed by atoms with Crippen molar-refractivity contribution in [2.24, 2.45) is 0 Å². The summed E-state index contributed by atoms with van der Waals surface area (Å²) >= 11 is 0. The third-order valence-electron chi connectivity index (χ3n) is 4.13. The molecule has 1 heterocycles. The normalized spacial score (nSPS) is 21.1. The first-order valence-electron chi connectivity index (χ1n) is 7.69. The van der Waals surface area contributed by atoms with E-state index in [4.69, 9.17) is 0 Å². The number of nitrogens with zero attached hydrogens (tertiary/aromatic N) is 1. The van der Waals surface area contributed by atoms with Crippen molar-refractivity contribution in [3.8, 4) is 0 Å². The molecule has 0 spiro atoms. The van der Waals surface area contributed by atoms with Crippen LogP contribution in [0.5, 0.6) is 0 Å². The minimum absolute atomic E-state index is 0.264. The van der Waals surface area contributed by atoms with Gasteiger partial charge in [-0.1, -0.05) is 37.6 Å². The van der Waals surface area contributed by atoms with E-state index in [1.54, 1.807) is 0 Å². The number of hydrogen-bond acceptors (Lipinski definition) is 2. The minimum atomic E-state index is 0.264. The van der Waals surface area contributed by atoms with Crippen molar-refractivity contribution in [3.05, 3.63) is 35.4 Å². The Morgan fingerprint density at radius 1 is 1.35 bits per heavy atom. The first-order valence-corrected chi connectivity index (χ1v) is 7.69. The Bertz CT molecular complexity index is 441. The zero-order chi connectivity index (χ0) is 14.5. The molecule has 0 radical (unpaired) electrons. The summed E-state index contributed by atoms with van der Waals surface area (Å²) in [5.41, 5.74) is 2.73. The average molecular weight is 274 g/mol. The van der Waals surface area contributed by atoms with Crippen molar-refractivity contribution in [1.82, 2.24) is 10.2 Å². The molecule has 1 fully saturated rings. The molecule has 1 N–H and O–H groups in total. The highest BCUT2D eigenvalue weighted by atomic mass is 16.2. The molecule has 0 bridgehead atoms. The number of nitrogens with one attached hydrogen (secondary N) is 1. The number of likely N-dealkylation sites (tertiary alicyclic amines) is 1. The van der Waals surface area contributed by atoms with Gasteiger partial charge in [0.15, 0.2) is 0 Å².